The van der Waals surface area contributed by atoms with Crippen LogP contribution in [-0.2, 0) is 6.18 Å². The van der Waals surface area contributed by atoms with Gasteiger partial charge in [-0.05, 0) is 6.07 Å². The van der Waals surface area contributed by atoms with Crippen LogP contribution in [0.1, 0.15) is 12.5 Å². The first-order valence-corrected chi connectivity index (χ1v) is 4.43. The zero-order valence-electron chi connectivity index (χ0n) is 8.45. The number of alkyl halides is 3. The van der Waals surface area contributed by atoms with E-state index in [2.05, 4.69) is 0 Å². The molecule has 0 unspecified atom stereocenters. The highest BCUT2D eigenvalue weighted by Gasteiger charge is 2.34. The van der Waals surface area contributed by atoms with Crippen LogP contribution in [0.15, 0.2) is 18.2 Å². The highest BCUT2D eigenvalue weighted by atomic mass is 35.5. The van der Waals surface area contributed by atoms with Crippen molar-refractivity contribution in [2.24, 2.45) is 0 Å². The number of benzene rings is 1. The largest absolute Gasteiger partial charge is 0.418 e. The van der Waals surface area contributed by atoms with Crippen molar-refractivity contribution in [3.05, 3.63) is 38.9 Å². The number of nitrogens with zero attached hydrogens (tertiary/aromatic N) is 2. The van der Waals surface area contributed by atoms with Gasteiger partial charge in [0.05, 0.1) is 21.6 Å². The minimum absolute atomic E-state index is 0.405. The summed E-state index contributed by atoms with van der Waals surface area (Å²) in [6.45, 7) is 1.43. The number of halogens is 4. The highest BCUT2D eigenvalue weighted by Crippen LogP contribution is 2.36. The molecule has 0 atom stereocenters. The predicted molar refractivity (Wildman–Crippen MR) is 54.4 cm³/mol. The van der Waals surface area contributed by atoms with E-state index in [-0.39, 0.29) is 0 Å². The Hall–Kier alpha value is -1.81. The molecule has 1 rings (SSSR count). The van der Waals surface area contributed by atoms with Crippen molar-refractivity contribution >= 4 is 17.3 Å². The second kappa shape index (κ2) is 6.06. The van der Waals surface area contributed by atoms with Gasteiger partial charge >= 0.3 is 6.18 Å². The van der Waals surface area contributed by atoms with Crippen molar-refractivity contribution in [1.82, 2.24) is 0 Å². The van der Waals surface area contributed by atoms with E-state index in [1.807, 2.05) is 0 Å². The standard InChI is InChI=1S/C7H3ClF3NO2.C2H3N/c8-6-2-1-4(12(13)14)3-5(6)7(9,10)11;1-2-3/h1-3H;1H3. The summed E-state index contributed by atoms with van der Waals surface area (Å²) in [6.07, 6.45) is -4.68. The van der Waals surface area contributed by atoms with E-state index in [1.54, 1.807) is 6.07 Å². The lowest BCUT2D eigenvalue weighted by molar-refractivity contribution is -0.385. The first kappa shape index (κ1) is 15.2. The van der Waals surface area contributed by atoms with E-state index in [0.717, 1.165) is 12.1 Å². The molecule has 0 radical (unpaired) electrons. The third-order valence-corrected chi connectivity index (χ3v) is 1.80. The smallest absolute Gasteiger partial charge is 0.258 e. The van der Waals surface area contributed by atoms with Gasteiger partial charge in [-0.1, -0.05) is 11.6 Å². The van der Waals surface area contributed by atoms with E-state index in [1.165, 1.54) is 6.92 Å². The molecule has 4 nitrogen and oxygen atoms in total. The molecule has 0 bridgehead atoms. The number of nitro benzene ring substituents is 1. The van der Waals surface area contributed by atoms with Gasteiger partial charge in [0.2, 0.25) is 0 Å². The quantitative estimate of drug-likeness (QED) is 0.573. The second-order valence-corrected chi connectivity index (χ2v) is 3.05. The highest BCUT2D eigenvalue weighted by molar-refractivity contribution is 6.31. The Balaban J connectivity index is 0.000000770. The molecule has 0 amide bonds. The maximum Gasteiger partial charge on any atom is 0.418 e. The van der Waals surface area contributed by atoms with Crippen LogP contribution >= 0.6 is 11.6 Å². The Morgan fingerprint density at radius 1 is 1.47 bits per heavy atom. The van der Waals surface area contributed by atoms with Gasteiger partial charge in [-0.15, -0.1) is 0 Å². The molecule has 0 aliphatic carbocycles. The van der Waals surface area contributed by atoms with Crippen molar-refractivity contribution < 1.29 is 18.1 Å². The van der Waals surface area contributed by atoms with E-state index < -0.39 is 27.4 Å². The molecule has 0 heterocycles. The number of hydrogen-bond donors (Lipinski definition) is 0. The monoisotopic (exact) mass is 266 g/mol. The molecule has 0 N–H and O–H groups in total. The Morgan fingerprint density at radius 3 is 2.29 bits per heavy atom. The van der Waals surface area contributed by atoms with Crippen molar-refractivity contribution in [3.63, 3.8) is 0 Å². The Morgan fingerprint density at radius 2 is 1.94 bits per heavy atom. The summed E-state index contributed by atoms with van der Waals surface area (Å²) < 4.78 is 36.6. The van der Waals surface area contributed by atoms with Gasteiger partial charge in [-0.25, -0.2) is 0 Å². The van der Waals surface area contributed by atoms with Crippen LogP contribution in [0.5, 0.6) is 0 Å². The molecular formula is C9H6ClF3N2O2. The molecule has 0 saturated heterocycles. The van der Waals surface area contributed by atoms with Gasteiger partial charge in [-0.3, -0.25) is 10.1 Å². The molecule has 17 heavy (non-hydrogen) atoms. The summed E-state index contributed by atoms with van der Waals surface area (Å²) in [5.74, 6) is 0. The van der Waals surface area contributed by atoms with E-state index in [9.17, 15) is 23.3 Å². The summed E-state index contributed by atoms with van der Waals surface area (Å²) in [5.41, 5.74) is -1.84. The van der Waals surface area contributed by atoms with Crippen LogP contribution in [0.3, 0.4) is 0 Å². The van der Waals surface area contributed by atoms with Crippen LogP contribution in [0, 0.1) is 21.4 Å². The molecule has 92 valence electrons. The SMILES string of the molecule is CC#N.O=[N+]([O-])c1ccc(Cl)c(C(F)(F)F)c1. The molecule has 0 aliphatic heterocycles. The van der Waals surface area contributed by atoms with E-state index in [4.69, 9.17) is 16.9 Å². The summed E-state index contributed by atoms with van der Waals surface area (Å²) >= 11 is 5.24. The molecule has 0 aliphatic rings. The van der Waals surface area contributed by atoms with Gasteiger partial charge in [0, 0.05) is 19.1 Å². The van der Waals surface area contributed by atoms with Crippen molar-refractivity contribution in [1.29, 1.82) is 5.26 Å². The van der Waals surface area contributed by atoms with Gasteiger partial charge in [0.15, 0.2) is 0 Å². The Kier molecular flexibility index (Phi) is 5.41. The summed E-state index contributed by atoms with van der Waals surface area (Å²) in [6, 6.07) is 3.92. The first-order chi connectivity index (χ1) is 7.73. The third kappa shape index (κ3) is 4.70. The molecule has 1 aromatic carbocycles. The lowest BCUT2D eigenvalue weighted by atomic mass is 10.2. The fourth-order valence-electron chi connectivity index (χ4n) is 0.844. The number of non-ortho nitro benzene ring substituents is 1. The van der Waals surface area contributed by atoms with Gasteiger partial charge in [0.1, 0.15) is 0 Å². The molecule has 0 saturated carbocycles. The normalized spacial score (nSPS) is 9.88. The Bertz CT molecular complexity index is 455. The molecule has 0 fully saturated rings. The molecule has 0 spiro atoms. The van der Waals surface area contributed by atoms with Crippen molar-refractivity contribution in [2.75, 3.05) is 0 Å². The fourth-order valence-corrected chi connectivity index (χ4v) is 1.07. The molecule has 8 heteroatoms. The topological polar surface area (TPSA) is 66.9 Å². The van der Waals surface area contributed by atoms with Crippen LogP contribution in [-0.4, -0.2) is 4.92 Å². The lowest BCUT2D eigenvalue weighted by Gasteiger charge is -2.07. The van der Waals surface area contributed by atoms with Crippen LogP contribution < -0.4 is 0 Å². The zero-order valence-corrected chi connectivity index (χ0v) is 9.21. The summed E-state index contributed by atoms with van der Waals surface area (Å²) in [5, 5.41) is 17.0. The third-order valence-electron chi connectivity index (χ3n) is 1.47. The minimum Gasteiger partial charge on any atom is -0.258 e. The number of rotatable bonds is 1. The summed E-state index contributed by atoms with van der Waals surface area (Å²) in [7, 11) is 0. The number of hydrogen-bond acceptors (Lipinski definition) is 3. The first-order valence-electron chi connectivity index (χ1n) is 4.06. The van der Waals surface area contributed by atoms with Crippen molar-refractivity contribution in [2.45, 2.75) is 13.1 Å². The van der Waals surface area contributed by atoms with Crippen LogP contribution in [0.4, 0.5) is 18.9 Å². The summed E-state index contributed by atoms with van der Waals surface area (Å²) in [4.78, 5) is 9.28. The van der Waals surface area contributed by atoms with Crippen molar-refractivity contribution in [3.8, 4) is 6.07 Å². The minimum atomic E-state index is -4.68. The fraction of sp³-hybridized carbons (Fsp3) is 0.222. The molecule has 1 aromatic rings. The van der Waals surface area contributed by atoms with Crippen LogP contribution in [0.25, 0.3) is 0 Å². The maximum absolute atomic E-state index is 12.2. The van der Waals surface area contributed by atoms with E-state index >= 15 is 0 Å². The average Bonchev–Trinajstić information content (AvgIpc) is 2.17. The second-order valence-electron chi connectivity index (χ2n) is 2.64. The molecular weight excluding hydrogens is 261 g/mol. The number of nitriles is 1. The Labute approximate surface area is 99.4 Å². The van der Waals surface area contributed by atoms with Gasteiger partial charge in [0.25, 0.3) is 5.69 Å². The van der Waals surface area contributed by atoms with Crippen LogP contribution in [0.2, 0.25) is 5.02 Å². The van der Waals surface area contributed by atoms with E-state index in [0.29, 0.717) is 6.07 Å². The molecule has 0 aromatic heterocycles. The average molecular weight is 267 g/mol. The predicted octanol–water partition coefficient (Wildman–Crippen LogP) is 3.80. The van der Waals surface area contributed by atoms with Gasteiger partial charge < -0.3 is 0 Å². The maximum atomic E-state index is 12.2. The number of nitro groups is 1. The zero-order chi connectivity index (χ0) is 13.6. The van der Waals surface area contributed by atoms with Gasteiger partial charge in [-0.2, -0.15) is 18.4 Å². The lowest BCUT2D eigenvalue weighted by Crippen LogP contribution is -2.06.